The highest BCUT2D eigenvalue weighted by molar-refractivity contribution is 5.96. The number of Topliss-reactive ketones (excluding diaryl/α,β-unsaturated/α-hetero) is 2. The first-order valence-corrected chi connectivity index (χ1v) is 12.4. The average Bonchev–Trinajstić information content (AvgIpc) is 3.09. The molecule has 3 aliphatic carbocycles. The second-order valence-corrected chi connectivity index (χ2v) is 11.2. The standard InChI is InChI=1S/C29H31NO3/c1-28-14-13-26(33)30(17-18-7-8-19-5-3-4-6-20(19)15-18)24(28)11-9-21-22-10-12-25(32)29(22,2)16-23(31)27(21)28/h3-8,11,15,21-22,27H,9-10,12-14,16-17H2,1-2H3/t21-,22-,27+,28-,29-/m0/s1. The number of benzene rings is 2. The number of piperidine rings is 1. The van der Waals surface area contributed by atoms with Gasteiger partial charge in [0.05, 0.1) is 6.54 Å². The van der Waals surface area contributed by atoms with E-state index < -0.39 is 5.41 Å². The predicted molar refractivity (Wildman–Crippen MR) is 127 cm³/mol. The van der Waals surface area contributed by atoms with Crippen LogP contribution in [0.2, 0.25) is 0 Å². The number of fused-ring (bicyclic) bond motifs is 6. The Morgan fingerprint density at radius 2 is 1.76 bits per heavy atom. The SMILES string of the molecule is C[C@]12CCC(=O)N(Cc3ccc4ccccc4c3)C1=CC[C@@H]1[C@@H]2C(=O)C[C@]2(C)C(=O)CC[C@@H]12. The molecule has 170 valence electrons. The monoisotopic (exact) mass is 441 g/mol. The van der Waals surface area contributed by atoms with Gasteiger partial charge in [0.15, 0.2) is 0 Å². The molecule has 0 aromatic heterocycles. The number of allylic oxidation sites excluding steroid dienone is 2. The van der Waals surface area contributed by atoms with E-state index in [4.69, 9.17) is 0 Å². The molecule has 2 aromatic carbocycles. The van der Waals surface area contributed by atoms with Crippen LogP contribution in [0.25, 0.3) is 10.8 Å². The molecule has 0 N–H and O–H groups in total. The minimum atomic E-state index is -0.477. The molecule has 5 atom stereocenters. The second-order valence-electron chi connectivity index (χ2n) is 11.2. The summed E-state index contributed by atoms with van der Waals surface area (Å²) in [6, 6.07) is 14.7. The number of carbonyl (C=O) groups excluding carboxylic acids is 3. The molecule has 1 amide bonds. The number of hydrogen-bond donors (Lipinski definition) is 0. The molecule has 1 aliphatic heterocycles. The van der Waals surface area contributed by atoms with Gasteiger partial charge in [-0.05, 0) is 53.5 Å². The second kappa shape index (κ2) is 7.12. The Hall–Kier alpha value is -2.75. The summed E-state index contributed by atoms with van der Waals surface area (Å²) in [5.74, 6) is 1.07. The predicted octanol–water partition coefficient (Wildman–Crippen LogP) is 5.45. The fraction of sp³-hybridized carbons (Fsp3) is 0.483. The number of amides is 1. The van der Waals surface area contributed by atoms with E-state index in [-0.39, 0.29) is 40.6 Å². The van der Waals surface area contributed by atoms with Crippen molar-refractivity contribution in [2.45, 2.75) is 58.9 Å². The fourth-order valence-electron chi connectivity index (χ4n) is 7.76. The van der Waals surface area contributed by atoms with Crippen molar-refractivity contribution >= 4 is 28.2 Å². The van der Waals surface area contributed by atoms with Gasteiger partial charge < -0.3 is 4.90 Å². The van der Waals surface area contributed by atoms with Gasteiger partial charge in [0.2, 0.25) is 5.91 Å². The van der Waals surface area contributed by atoms with Crippen LogP contribution in [0.4, 0.5) is 0 Å². The fourth-order valence-corrected chi connectivity index (χ4v) is 7.76. The van der Waals surface area contributed by atoms with Crippen LogP contribution in [0.5, 0.6) is 0 Å². The summed E-state index contributed by atoms with van der Waals surface area (Å²) in [6.45, 7) is 4.77. The highest BCUT2D eigenvalue weighted by atomic mass is 16.2. The van der Waals surface area contributed by atoms with Gasteiger partial charge >= 0.3 is 0 Å². The lowest BCUT2D eigenvalue weighted by Crippen LogP contribution is -2.57. The molecular weight excluding hydrogens is 410 g/mol. The zero-order chi connectivity index (χ0) is 23.0. The summed E-state index contributed by atoms with van der Waals surface area (Å²) < 4.78 is 0. The summed E-state index contributed by atoms with van der Waals surface area (Å²) in [4.78, 5) is 41.4. The molecule has 3 fully saturated rings. The minimum absolute atomic E-state index is 0.0892. The van der Waals surface area contributed by atoms with Crippen LogP contribution in [0.15, 0.2) is 54.2 Å². The van der Waals surface area contributed by atoms with Crippen LogP contribution < -0.4 is 0 Å². The lowest BCUT2D eigenvalue weighted by Gasteiger charge is -2.56. The van der Waals surface area contributed by atoms with Crippen LogP contribution in [-0.4, -0.2) is 22.4 Å². The van der Waals surface area contributed by atoms with E-state index in [0.29, 0.717) is 25.8 Å². The molecule has 0 unspecified atom stereocenters. The van der Waals surface area contributed by atoms with E-state index in [0.717, 1.165) is 30.5 Å². The first-order valence-electron chi connectivity index (χ1n) is 12.4. The lowest BCUT2D eigenvalue weighted by molar-refractivity contribution is -0.152. The molecule has 0 radical (unpaired) electrons. The van der Waals surface area contributed by atoms with Gasteiger partial charge in [-0.15, -0.1) is 0 Å². The summed E-state index contributed by atoms with van der Waals surface area (Å²) in [5.41, 5.74) is 1.33. The van der Waals surface area contributed by atoms with Gasteiger partial charge in [-0.25, -0.2) is 0 Å². The van der Waals surface area contributed by atoms with Crippen LogP contribution in [0, 0.1) is 28.6 Å². The Labute approximate surface area is 195 Å². The number of nitrogens with zero attached hydrogens (tertiary/aromatic N) is 1. The van der Waals surface area contributed by atoms with Gasteiger partial charge in [0.1, 0.15) is 11.6 Å². The van der Waals surface area contributed by atoms with Crippen LogP contribution in [-0.2, 0) is 20.9 Å². The Balaban J connectivity index is 1.37. The van der Waals surface area contributed by atoms with E-state index >= 15 is 0 Å². The van der Waals surface area contributed by atoms with Crippen molar-refractivity contribution in [3.63, 3.8) is 0 Å². The molecule has 4 aliphatic rings. The number of ketones is 2. The van der Waals surface area contributed by atoms with Gasteiger partial charge in [-0.1, -0.05) is 56.3 Å². The molecule has 0 spiro atoms. The maximum Gasteiger partial charge on any atom is 0.227 e. The normalized spacial score (nSPS) is 35.8. The molecule has 1 heterocycles. The third kappa shape index (κ3) is 2.92. The van der Waals surface area contributed by atoms with Crippen molar-refractivity contribution in [3.05, 3.63) is 59.8 Å². The summed E-state index contributed by atoms with van der Waals surface area (Å²) in [5, 5.41) is 2.37. The maximum atomic E-state index is 13.6. The molecule has 1 saturated heterocycles. The Morgan fingerprint density at radius 3 is 2.58 bits per heavy atom. The van der Waals surface area contributed by atoms with E-state index in [9.17, 15) is 14.4 Å². The van der Waals surface area contributed by atoms with Gasteiger partial charge in [0, 0.05) is 41.7 Å². The van der Waals surface area contributed by atoms with Crippen molar-refractivity contribution in [2.75, 3.05) is 0 Å². The molecule has 33 heavy (non-hydrogen) atoms. The van der Waals surface area contributed by atoms with Crippen molar-refractivity contribution < 1.29 is 14.4 Å². The summed E-state index contributed by atoms with van der Waals surface area (Å²) in [7, 11) is 0. The quantitative estimate of drug-likeness (QED) is 0.623. The zero-order valence-electron chi connectivity index (χ0n) is 19.5. The first kappa shape index (κ1) is 20.8. The Kier molecular flexibility index (Phi) is 4.50. The van der Waals surface area contributed by atoms with E-state index in [1.165, 1.54) is 10.8 Å². The number of carbonyl (C=O) groups is 3. The van der Waals surface area contributed by atoms with E-state index in [2.05, 4.69) is 43.3 Å². The lowest BCUT2D eigenvalue weighted by atomic mass is 9.49. The van der Waals surface area contributed by atoms with E-state index in [1.807, 2.05) is 24.0 Å². The molecule has 4 nitrogen and oxygen atoms in total. The largest absolute Gasteiger partial charge is 0.312 e. The Bertz CT molecular complexity index is 1230. The molecule has 2 aromatic rings. The molecule has 0 bridgehead atoms. The zero-order valence-corrected chi connectivity index (χ0v) is 19.5. The van der Waals surface area contributed by atoms with Gasteiger partial charge in [-0.3, -0.25) is 14.4 Å². The van der Waals surface area contributed by atoms with Gasteiger partial charge in [0.25, 0.3) is 0 Å². The molecule has 6 rings (SSSR count). The molecule has 4 heteroatoms. The minimum Gasteiger partial charge on any atom is -0.312 e. The van der Waals surface area contributed by atoms with Crippen LogP contribution in [0.1, 0.15) is 57.9 Å². The molecular formula is C29H31NO3. The Morgan fingerprint density at radius 1 is 0.970 bits per heavy atom. The number of hydrogen-bond acceptors (Lipinski definition) is 3. The first-order chi connectivity index (χ1) is 15.8. The summed E-state index contributed by atoms with van der Waals surface area (Å²) in [6.07, 6.45) is 6.10. The smallest absolute Gasteiger partial charge is 0.227 e. The van der Waals surface area contributed by atoms with E-state index in [1.54, 1.807) is 0 Å². The number of rotatable bonds is 2. The highest BCUT2D eigenvalue weighted by Gasteiger charge is 2.62. The number of likely N-dealkylation sites (tertiary alicyclic amines) is 1. The third-order valence-electron chi connectivity index (χ3n) is 9.43. The summed E-state index contributed by atoms with van der Waals surface area (Å²) >= 11 is 0. The highest BCUT2D eigenvalue weighted by Crippen LogP contribution is 2.62. The maximum absolute atomic E-state index is 13.6. The van der Waals surface area contributed by atoms with Crippen molar-refractivity contribution in [1.82, 2.24) is 4.90 Å². The topological polar surface area (TPSA) is 54.5 Å². The molecule has 2 saturated carbocycles. The van der Waals surface area contributed by atoms with Gasteiger partial charge in [-0.2, -0.15) is 0 Å². The van der Waals surface area contributed by atoms with Crippen molar-refractivity contribution in [3.8, 4) is 0 Å². The average molecular weight is 442 g/mol. The van der Waals surface area contributed by atoms with Crippen LogP contribution in [0.3, 0.4) is 0 Å². The van der Waals surface area contributed by atoms with Crippen LogP contribution >= 0.6 is 0 Å². The van der Waals surface area contributed by atoms with Crippen molar-refractivity contribution in [2.24, 2.45) is 28.6 Å². The van der Waals surface area contributed by atoms with Crippen molar-refractivity contribution in [1.29, 1.82) is 0 Å². The third-order valence-corrected chi connectivity index (χ3v) is 9.43.